The first-order valence-electron chi connectivity index (χ1n) is 7.63. The van der Waals surface area contributed by atoms with Crippen LogP contribution in [0.1, 0.15) is 43.9 Å². The molecule has 0 saturated heterocycles. The average Bonchev–Trinajstić information content (AvgIpc) is 3.03. The lowest BCUT2D eigenvalue weighted by Gasteiger charge is -2.18. The van der Waals surface area contributed by atoms with Crippen LogP contribution >= 0.6 is 0 Å². The molecule has 6 heteroatoms. The summed E-state index contributed by atoms with van der Waals surface area (Å²) in [5.74, 6) is 0.811. The predicted molar refractivity (Wildman–Crippen MR) is 81.2 cm³/mol. The first-order chi connectivity index (χ1) is 10.0. The molecule has 1 aliphatic carbocycles. The maximum Gasteiger partial charge on any atom is 0.237 e. The van der Waals surface area contributed by atoms with E-state index in [-0.39, 0.29) is 11.9 Å². The Kier molecular flexibility index (Phi) is 5.22. The van der Waals surface area contributed by atoms with Crippen molar-refractivity contribution in [1.82, 2.24) is 20.4 Å². The molecule has 2 N–H and O–H groups in total. The molecule has 1 aromatic heterocycles. The number of carbonyl (C=O) groups excluding carboxylic acids is 1. The third-order valence-electron chi connectivity index (χ3n) is 4.16. The zero-order valence-electron chi connectivity index (χ0n) is 13.4. The fourth-order valence-corrected chi connectivity index (χ4v) is 2.88. The maximum atomic E-state index is 12.1. The Morgan fingerprint density at radius 3 is 2.76 bits per heavy atom. The van der Waals surface area contributed by atoms with Gasteiger partial charge in [-0.1, -0.05) is 12.8 Å². The Morgan fingerprint density at radius 1 is 1.48 bits per heavy atom. The Balaban J connectivity index is 1.88. The molecule has 0 bridgehead atoms. The second kappa shape index (κ2) is 6.93. The van der Waals surface area contributed by atoms with Crippen molar-refractivity contribution in [2.24, 2.45) is 7.05 Å². The smallest absolute Gasteiger partial charge is 0.237 e. The number of aryl methyl sites for hydroxylation is 2. The van der Waals surface area contributed by atoms with Gasteiger partial charge in [-0.2, -0.15) is 5.10 Å². The van der Waals surface area contributed by atoms with Crippen molar-refractivity contribution in [1.29, 1.82) is 0 Å². The van der Waals surface area contributed by atoms with E-state index in [9.17, 15) is 4.79 Å². The lowest BCUT2D eigenvalue weighted by Crippen LogP contribution is -2.45. The summed E-state index contributed by atoms with van der Waals surface area (Å²) in [6.45, 7) is 4.41. The van der Waals surface area contributed by atoms with Gasteiger partial charge in [0.15, 0.2) is 0 Å². The molecule has 1 fully saturated rings. The number of aromatic nitrogens is 2. The van der Waals surface area contributed by atoms with E-state index in [4.69, 9.17) is 4.74 Å². The van der Waals surface area contributed by atoms with Crippen molar-refractivity contribution >= 4 is 5.91 Å². The molecular formula is C15H26N4O2. The zero-order chi connectivity index (χ0) is 15.4. The van der Waals surface area contributed by atoms with Gasteiger partial charge in [-0.05, 0) is 26.7 Å². The molecule has 118 valence electrons. The van der Waals surface area contributed by atoms with Crippen molar-refractivity contribution in [3.63, 3.8) is 0 Å². The number of methoxy groups -OCH3 is 1. The van der Waals surface area contributed by atoms with E-state index in [2.05, 4.69) is 15.7 Å². The molecule has 0 radical (unpaired) electrons. The molecule has 21 heavy (non-hydrogen) atoms. The molecule has 1 amide bonds. The Hall–Kier alpha value is -1.56. The van der Waals surface area contributed by atoms with Crippen LogP contribution in [0, 0.1) is 6.92 Å². The SMILES string of the molecule is COc1c(CN[C@@H](C)C(=O)NC2CCCC2)c(C)nn1C. The third-order valence-corrected chi connectivity index (χ3v) is 4.16. The van der Waals surface area contributed by atoms with Crippen molar-refractivity contribution in [3.05, 3.63) is 11.3 Å². The number of hydrogen-bond donors (Lipinski definition) is 2. The van der Waals surface area contributed by atoms with Gasteiger partial charge in [0.2, 0.25) is 11.8 Å². The lowest BCUT2D eigenvalue weighted by atomic mass is 10.2. The highest BCUT2D eigenvalue weighted by molar-refractivity contribution is 5.81. The van der Waals surface area contributed by atoms with Gasteiger partial charge in [-0.25, -0.2) is 4.68 Å². The van der Waals surface area contributed by atoms with E-state index < -0.39 is 0 Å². The molecule has 0 spiro atoms. The summed E-state index contributed by atoms with van der Waals surface area (Å²) < 4.78 is 7.08. The molecular weight excluding hydrogens is 268 g/mol. The number of ether oxygens (including phenoxy) is 1. The van der Waals surface area contributed by atoms with Gasteiger partial charge in [0.1, 0.15) is 0 Å². The van der Waals surface area contributed by atoms with Crippen LogP contribution in [0.15, 0.2) is 0 Å². The van der Waals surface area contributed by atoms with E-state index in [1.807, 2.05) is 20.9 Å². The minimum absolute atomic E-state index is 0.0717. The molecule has 1 aliphatic rings. The summed E-state index contributed by atoms with van der Waals surface area (Å²) in [6.07, 6.45) is 4.65. The largest absolute Gasteiger partial charge is 0.481 e. The maximum absolute atomic E-state index is 12.1. The highest BCUT2D eigenvalue weighted by Crippen LogP contribution is 2.21. The third kappa shape index (κ3) is 3.75. The molecule has 1 atom stereocenters. The molecule has 1 saturated carbocycles. The minimum Gasteiger partial charge on any atom is -0.481 e. The summed E-state index contributed by atoms with van der Waals surface area (Å²) in [7, 11) is 3.49. The topological polar surface area (TPSA) is 68.2 Å². The zero-order valence-corrected chi connectivity index (χ0v) is 13.4. The molecule has 1 aromatic rings. The number of nitrogens with zero attached hydrogens (tertiary/aromatic N) is 2. The summed E-state index contributed by atoms with van der Waals surface area (Å²) in [4.78, 5) is 12.1. The second-order valence-electron chi connectivity index (χ2n) is 5.79. The van der Waals surface area contributed by atoms with Gasteiger partial charge >= 0.3 is 0 Å². The van der Waals surface area contributed by atoms with Crippen LogP contribution in [0.5, 0.6) is 5.88 Å². The normalized spacial score (nSPS) is 17.0. The second-order valence-corrected chi connectivity index (χ2v) is 5.79. The van der Waals surface area contributed by atoms with E-state index in [0.717, 1.165) is 30.0 Å². The summed E-state index contributed by atoms with van der Waals surface area (Å²) in [5, 5.41) is 10.7. The number of nitrogens with one attached hydrogen (secondary N) is 2. The quantitative estimate of drug-likeness (QED) is 0.829. The number of rotatable bonds is 6. The first-order valence-corrected chi connectivity index (χ1v) is 7.63. The fraction of sp³-hybridized carbons (Fsp3) is 0.733. The molecule has 0 aliphatic heterocycles. The highest BCUT2D eigenvalue weighted by atomic mass is 16.5. The van der Waals surface area contributed by atoms with Gasteiger partial charge in [-0.15, -0.1) is 0 Å². The standard InChI is InChI=1S/C15H26N4O2/c1-10-13(15(21-4)19(3)18-10)9-16-11(2)14(20)17-12-7-5-6-8-12/h11-12,16H,5-9H2,1-4H3,(H,17,20)/t11-/m0/s1. The van der Waals surface area contributed by atoms with Crippen LogP contribution < -0.4 is 15.4 Å². The number of carbonyl (C=O) groups is 1. The molecule has 6 nitrogen and oxygen atoms in total. The van der Waals surface area contributed by atoms with Crippen molar-refractivity contribution < 1.29 is 9.53 Å². The van der Waals surface area contributed by atoms with Crippen molar-refractivity contribution in [2.75, 3.05) is 7.11 Å². The number of amides is 1. The Bertz CT molecular complexity index is 492. The van der Waals surface area contributed by atoms with Gasteiger partial charge < -0.3 is 15.4 Å². The summed E-state index contributed by atoms with van der Waals surface area (Å²) in [6, 6.07) is 0.131. The van der Waals surface area contributed by atoms with Gasteiger partial charge in [0.25, 0.3) is 0 Å². The van der Waals surface area contributed by atoms with Crippen LogP contribution in [0.3, 0.4) is 0 Å². The van der Waals surface area contributed by atoms with Crippen LogP contribution in [-0.2, 0) is 18.4 Å². The average molecular weight is 294 g/mol. The van der Waals surface area contributed by atoms with Gasteiger partial charge in [0, 0.05) is 19.6 Å². The van der Waals surface area contributed by atoms with Crippen LogP contribution in [0.25, 0.3) is 0 Å². The van der Waals surface area contributed by atoms with Crippen molar-refractivity contribution in [3.8, 4) is 5.88 Å². The van der Waals surface area contributed by atoms with Crippen LogP contribution in [-0.4, -0.2) is 34.9 Å². The van der Waals surface area contributed by atoms with E-state index in [1.165, 1.54) is 12.8 Å². The van der Waals surface area contributed by atoms with Gasteiger partial charge in [0.05, 0.1) is 24.4 Å². The Labute approximate surface area is 126 Å². The van der Waals surface area contributed by atoms with E-state index in [0.29, 0.717) is 12.6 Å². The summed E-state index contributed by atoms with van der Waals surface area (Å²) in [5.41, 5.74) is 1.92. The molecule has 2 rings (SSSR count). The minimum atomic E-state index is -0.227. The molecule has 1 heterocycles. The number of hydrogen-bond acceptors (Lipinski definition) is 4. The molecule has 0 aromatic carbocycles. The first kappa shape index (κ1) is 15.8. The summed E-state index contributed by atoms with van der Waals surface area (Å²) >= 11 is 0. The van der Waals surface area contributed by atoms with Gasteiger partial charge in [-0.3, -0.25) is 4.79 Å². The van der Waals surface area contributed by atoms with Crippen LogP contribution in [0.2, 0.25) is 0 Å². The predicted octanol–water partition coefficient (Wildman–Crippen LogP) is 1.27. The van der Waals surface area contributed by atoms with E-state index >= 15 is 0 Å². The van der Waals surface area contributed by atoms with Crippen molar-refractivity contribution in [2.45, 2.75) is 58.2 Å². The van der Waals surface area contributed by atoms with E-state index in [1.54, 1.807) is 11.8 Å². The Morgan fingerprint density at radius 2 is 2.14 bits per heavy atom. The lowest BCUT2D eigenvalue weighted by molar-refractivity contribution is -0.123. The highest BCUT2D eigenvalue weighted by Gasteiger charge is 2.21. The monoisotopic (exact) mass is 294 g/mol. The fourth-order valence-electron chi connectivity index (χ4n) is 2.88. The van der Waals surface area contributed by atoms with Crippen LogP contribution in [0.4, 0.5) is 0 Å². The molecule has 0 unspecified atom stereocenters.